The molecule has 0 amide bonds. The highest BCUT2D eigenvalue weighted by Crippen LogP contribution is 2.34. The van der Waals surface area contributed by atoms with E-state index in [2.05, 4.69) is 44.9 Å². The van der Waals surface area contributed by atoms with Crippen molar-refractivity contribution in [3.8, 4) is 0 Å². The number of hydrogen-bond donors (Lipinski definition) is 1. The van der Waals surface area contributed by atoms with Gasteiger partial charge in [-0.25, -0.2) is 4.98 Å². The Morgan fingerprint density at radius 2 is 2.04 bits per heavy atom. The van der Waals surface area contributed by atoms with E-state index in [-0.39, 0.29) is 5.54 Å². The van der Waals surface area contributed by atoms with Gasteiger partial charge in [0.2, 0.25) is 5.89 Å². The van der Waals surface area contributed by atoms with Crippen molar-refractivity contribution >= 4 is 17.4 Å². The maximum absolute atomic E-state index is 6.36. The minimum absolute atomic E-state index is 0.383. The molecule has 24 heavy (non-hydrogen) atoms. The average Bonchev–Trinajstić information content (AvgIpc) is 3.26. The van der Waals surface area contributed by atoms with Gasteiger partial charge in [-0.3, -0.25) is 0 Å². The zero-order chi connectivity index (χ0) is 16.6. The highest BCUT2D eigenvalue weighted by molar-refractivity contribution is 7.97. The van der Waals surface area contributed by atoms with Crippen molar-refractivity contribution in [3.63, 3.8) is 0 Å². The van der Waals surface area contributed by atoms with Gasteiger partial charge in [-0.2, -0.15) is 4.98 Å². The Hall–Kier alpha value is -1.86. The van der Waals surface area contributed by atoms with Crippen LogP contribution < -0.4 is 5.73 Å². The van der Waals surface area contributed by atoms with Crippen molar-refractivity contribution < 1.29 is 4.52 Å². The molecule has 6 nitrogen and oxygen atoms in total. The summed E-state index contributed by atoms with van der Waals surface area (Å²) in [7, 11) is 0. The van der Waals surface area contributed by atoms with Gasteiger partial charge in [0.15, 0.2) is 5.82 Å². The van der Waals surface area contributed by atoms with Crippen molar-refractivity contribution in [2.24, 2.45) is 5.73 Å². The van der Waals surface area contributed by atoms with Crippen LogP contribution in [0, 0.1) is 6.92 Å². The first-order valence-corrected chi connectivity index (χ1v) is 9.42. The lowest BCUT2D eigenvalue weighted by atomic mass is 9.99. The number of rotatable bonds is 5. The van der Waals surface area contributed by atoms with Gasteiger partial charge >= 0.3 is 0 Å². The first-order valence-electron chi connectivity index (χ1n) is 8.26. The molecular formula is C17H21N5OS. The van der Waals surface area contributed by atoms with Crippen molar-refractivity contribution in [2.75, 3.05) is 0 Å². The maximum Gasteiger partial charge on any atom is 0.236 e. The molecule has 0 bridgehead atoms. The van der Waals surface area contributed by atoms with Gasteiger partial charge < -0.3 is 14.7 Å². The summed E-state index contributed by atoms with van der Waals surface area (Å²) in [6.07, 6.45) is 8.33. The molecule has 0 radical (unpaired) electrons. The molecule has 1 fully saturated rings. The van der Waals surface area contributed by atoms with E-state index >= 15 is 0 Å². The van der Waals surface area contributed by atoms with E-state index in [1.807, 2.05) is 6.07 Å². The Balaban J connectivity index is 1.37. The van der Waals surface area contributed by atoms with Gasteiger partial charge in [0, 0.05) is 18.1 Å². The van der Waals surface area contributed by atoms with E-state index in [4.69, 9.17) is 10.3 Å². The standard InChI is InChI=1S/C17H21N5OS/c1-12-4-5-14-19-13(9-22(14)8-12)10-24-11-15-20-16(21-23-15)17(18)6-2-3-7-17/h4-5,8-9H,2-3,6-7,10-11,18H2,1H3. The third kappa shape index (κ3) is 3.06. The summed E-state index contributed by atoms with van der Waals surface area (Å²) in [5, 5.41) is 4.10. The summed E-state index contributed by atoms with van der Waals surface area (Å²) in [4.78, 5) is 9.12. The molecule has 0 saturated heterocycles. The molecule has 0 aromatic carbocycles. The van der Waals surface area contributed by atoms with Crippen LogP contribution in [-0.2, 0) is 17.0 Å². The monoisotopic (exact) mass is 343 g/mol. The third-order valence-electron chi connectivity index (χ3n) is 4.53. The number of thioether (sulfide) groups is 1. The topological polar surface area (TPSA) is 82.2 Å². The van der Waals surface area contributed by atoms with Gasteiger partial charge in [-0.05, 0) is 31.4 Å². The number of fused-ring (bicyclic) bond motifs is 1. The second-order valence-electron chi connectivity index (χ2n) is 6.57. The van der Waals surface area contributed by atoms with Crippen LogP contribution in [-0.4, -0.2) is 19.5 Å². The molecule has 4 rings (SSSR count). The van der Waals surface area contributed by atoms with Gasteiger partial charge in [0.1, 0.15) is 5.65 Å². The molecule has 0 unspecified atom stereocenters. The summed E-state index contributed by atoms with van der Waals surface area (Å²) in [5.41, 5.74) is 9.23. The second kappa shape index (κ2) is 6.22. The maximum atomic E-state index is 6.36. The largest absolute Gasteiger partial charge is 0.338 e. The fraction of sp³-hybridized carbons (Fsp3) is 0.471. The molecule has 0 atom stereocenters. The van der Waals surface area contributed by atoms with E-state index in [9.17, 15) is 0 Å². The van der Waals surface area contributed by atoms with Crippen LogP contribution in [0.25, 0.3) is 5.65 Å². The number of nitrogens with zero attached hydrogens (tertiary/aromatic N) is 4. The lowest BCUT2D eigenvalue weighted by Gasteiger charge is -2.17. The van der Waals surface area contributed by atoms with E-state index in [0.29, 0.717) is 17.5 Å². The highest BCUT2D eigenvalue weighted by Gasteiger charge is 2.35. The minimum Gasteiger partial charge on any atom is -0.338 e. The second-order valence-corrected chi connectivity index (χ2v) is 7.56. The number of pyridine rings is 1. The summed E-state index contributed by atoms with van der Waals surface area (Å²) in [6, 6.07) is 4.11. The number of aryl methyl sites for hydroxylation is 1. The summed E-state index contributed by atoms with van der Waals surface area (Å²) < 4.78 is 7.43. The molecule has 3 aromatic rings. The predicted molar refractivity (Wildman–Crippen MR) is 93.6 cm³/mol. The molecular weight excluding hydrogens is 322 g/mol. The Bertz CT molecular complexity index is 850. The van der Waals surface area contributed by atoms with Crippen LogP contribution >= 0.6 is 11.8 Å². The van der Waals surface area contributed by atoms with E-state index < -0.39 is 0 Å². The fourth-order valence-electron chi connectivity index (χ4n) is 3.21. The van der Waals surface area contributed by atoms with Crippen LogP contribution in [0.3, 0.4) is 0 Å². The zero-order valence-electron chi connectivity index (χ0n) is 13.7. The molecule has 3 aromatic heterocycles. The van der Waals surface area contributed by atoms with E-state index in [1.54, 1.807) is 11.8 Å². The van der Waals surface area contributed by atoms with Gasteiger partial charge in [-0.15, -0.1) is 11.8 Å². The van der Waals surface area contributed by atoms with Crippen LogP contribution in [0.5, 0.6) is 0 Å². The number of imidazole rings is 1. The van der Waals surface area contributed by atoms with Gasteiger partial charge in [0.05, 0.1) is 17.0 Å². The van der Waals surface area contributed by atoms with Crippen LogP contribution in [0.2, 0.25) is 0 Å². The lowest BCUT2D eigenvalue weighted by Crippen LogP contribution is -2.34. The van der Waals surface area contributed by atoms with Crippen LogP contribution in [0.4, 0.5) is 0 Å². The average molecular weight is 343 g/mol. The van der Waals surface area contributed by atoms with E-state index in [0.717, 1.165) is 42.8 Å². The molecule has 1 aliphatic rings. The molecule has 1 saturated carbocycles. The third-order valence-corrected chi connectivity index (χ3v) is 5.48. The quantitative estimate of drug-likeness (QED) is 0.766. The number of hydrogen-bond acceptors (Lipinski definition) is 6. The Morgan fingerprint density at radius 1 is 1.21 bits per heavy atom. The van der Waals surface area contributed by atoms with Gasteiger partial charge in [-0.1, -0.05) is 24.1 Å². The predicted octanol–water partition coefficient (Wildman–Crippen LogP) is 3.19. The molecule has 0 spiro atoms. The van der Waals surface area contributed by atoms with Gasteiger partial charge in [0.25, 0.3) is 0 Å². The number of aromatic nitrogens is 4. The van der Waals surface area contributed by atoms with Crippen molar-refractivity contribution in [3.05, 3.63) is 47.5 Å². The zero-order valence-corrected chi connectivity index (χ0v) is 14.6. The first kappa shape index (κ1) is 15.7. The number of nitrogens with two attached hydrogens (primary N) is 1. The van der Waals surface area contributed by atoms with Crippen molar-refractivity contribution in [1.82, 2.24) is 19.5 Å². The normalized spacial score (nSPS) is 16.9. The molecule has 0 aliphatic heterocycles. The minimum atomic E-state index is -0.383. The SMILES string of the molecule is Cc1ccc2nc(CSCc3nc(C4(N)CCCC4)no3)cn2c1. The van der Waals surface area contributed by atoms with Crippen molar-refractivity contribution in [1.29, 1.82) is 0 Å². The molecule has 2 N–H and O–H groups in total. The van der Waals surface area contributed by atoms with E-state index in [1.165, 1.54) is 5.56 Å². The van der Waals surface area contributed by atoms with Crippen LogP contribution in [0.1, 0.15) is 48.7 Å². The summed E-state index contributed by atoms with van der Waals surface area (Å²) in [5.74, 6) is 2.80. The molecule has 1 aliphatic carbocycles. The van der Waals surface area contributed by atoms with Crippen molar-refractivity contribution in [2.45, 2.75) is 49.7 Å². The first-order chi connectivity index (χ1) is 11.6. The smallest absolute Gasteiger partial charge is 0.236 e. The highest BCUT2D eigenvalue weighted by atomic mass is 32.2. The lowest BCUT2D eigenvalue weighted by molar-refractivity contribution is 0.355. The summed E-state index contributed by atoms with van der Waals surface area (Å²) >= 11 is 1.72. The van der Waals surface area contributed by atoms with Crippen LogP contribution in [0.15, 0.2) is 29.0 Å². The Morgan fingerprint density at radius 3 is 2.88 bits per heavy atom. The molecule has 126 valence electrons. The Kier molecular flexibility index (Phi) is 4.05. The Labute approximate surface area is 144 Å². The fourth-order valence-corrected chi connectivity index (χ4v) is 3.96. The molecule has 7 heteroatoms. The molecule has 3 heterocycles. The summed E-state index contributed by atoms with van der Waals surface area (Å²) in [6.45, 7) is 2.08.